The number of aliphatic hydroxyl groups is 4. The van der Waals surface area contributed by atoms with Crippen molar-refractivity contribution in [1.29, 1.82) is 0 Å². The highest BCUT2D eigenvalue weighted by Crippen LogP contribution is 2.38. The van der Waals surface area contributed by atoms with E-state index in [9.17, 15) is 30.0 Å². The number of benzene rings is 1. The SMILES string of the molecule is C=C[C@H]1[C@H](O[C@@H]2O[C@H](CO)[C@@H](O)[C@H](O)[C@H]2O)OC=C(C(=O)OC)[C@H]1Cc1c2[nH]c3ccccc3c2cc(=O)n1C. The first-order chi connectivity index (χ1) is 19.2. The monoisotopic (exact) mass is 556 g/mol. The molecule has 2 aromatic heterocycles. The van der Waals surface area contributed by atoms with E-state index in [2.05, 4.69) is 11.6 Å². The van der Waals surface area contributed by atoms with Crippen LogP contribution < -0.4 is 5.56 Å². The second-order valence-electron chi connectivity index (χ2n) is 9.97. The third-order valence-electron chi connectivity index (χ3n) is 7.77. The molecule has 1 saturated heterocycles. The number of aliphatic hydroxyl groups excluding tert-OH is 4. The summed E-state index contributed by atoms with van der Waals surface area (Å²) in [6, 6.07) is 9.17. The Labute approximate surface area is 228 Å². The van der Waals surface area contributed by atoms with Crippen LogP contribution in [0.1, 0.15) is 5.69 Å². The zero-order valence-electron chi connectivity index (χ0n) is 22.0. The minimum absolute atomic E-state index is 0.172. The molecule has 5 N–H and O–H groups in total. The van der Waals surface area contributed by atoms with Crippen LogP contribution in [0, 0.1) is 11.8 Å². The van der Waals surface area contributed by atoms with Gasteiger partial charge in [0.2, 0.25) is 6.29 Å². The van der Waals surface area contributed by atoms with Gasteiger partial charge in [0, 0.05) is 46.9 Å². The van der Waals surface area contributed by atoms with Gasteiger partial charge in [0.1, 0.15) is 24.4 Å². The van der Waals surface area contributed by atoms with Crippen LogP contribution in [0.2, 0.25) is 0 Å². The van der Waals surface area contributed by atoms with Crippen molar-refractivity contribution in [3.05, 3.63) is 70.9 Å². The number of hydrogen-bond donors (Lipinski definition) is 5. The lowest BCUT2D eigenvalue weighted by molar-refractivity contribution is -0.339. The van der Waals surface area contributed by atoms with E-state index >= 15 is 0 Å². The Morgan fingerprint density at radius 3 is 2.60 bits per heavy atom. The lowest BCUT2D eigenvalue weighted by atomic mass is 9.80. The molecule has 12 heteroatoms. The maximum atomic E-state index is 13.0. The quantitative estimate of drug-likeness (QED) is 0.200. The Bertz CT molecular complexity index is 1510. The second kappa shape index (κ2) is 11.2. The number of nitrogens with one attached hydrogen (secondary N) is 1. The van der Waals surface area contributed by atoms with Crippen molar-refractivity contribution in [1.82, 2.24) is 9.55 Å². The highest BCUT2D eigenvalue weighted by Gasteiger charge is 2.47. The highest BCUT2D eigenvalue weighted by molar-refractivity contribution is 6.07. The van der Waals surface area contributed by atoms with Gasteiger partial charge < -0.3 is 48.9 Å². The Balaban J connectivity index is 1.54. The molecular formula is C28H32N2O10. The summed E-state index contributed by atoms with van der Waals surface area (Å²) in [6.45, 7) is 3.28. The van der Waals surface area contributed by atoms with Gasteiger partial charge in [0.15, 0.2) is 6.29 Å². The van der Waals surface area contributed by atoms with Gasteiger partial charge in [0.05, 0.1) is 31.1 Å². The minimum atomic E-state index is -1.66. The topological polar surface area (TPSA) is 173 Å². The van der Waals surface area contributed by atoms with Crippen molar-refractivity contribution in [2.75, 3.05) is 13.7 Å². The molecule has 2 aliphatic rings. The maximum Gasteiger partial charge on any atom is 0.337 e. The largest absolute Gasteiger partial charge is 0.471 e. The molecule has 2 aliphatic heterocycles. The van der Waals surface area contributed by atoms with Gasteiger partial charge in [0.25, 0.3) is 5.56 Å². The number of H-pyrrole nitrogens is 1. The number of carbonyl (C=O) groups excluding carboxylic acids is 1. The van der Waals surface area contributed by atoms with Crippen LogP contribution >= 0.6 is 0 Å². The number of esters is 1. The van der Waals surface area contributed by atoms with Crippen LogP contribution in [0.5, 0.6) is 0 Å². The lowest BCUT2D eigenvalue weighted by Crippen LogP contribution is -2.60. The predicted molar refractivity (Wildman–Crippen MR) is 142 cm³/mol. The minimum Gasteiger partial charge on any atom is -0.471 e. The van der Waals surface area contributed by atoms with Crippen LogP contribution in [-0.2, 0) is 37.2 Å². The summed E-state index contributed by atoms with van der Waals surface area (Å²) in [5, 5.41) is 41.9. The van der Waals surface area contributed by atoms with Gasteiger partial charge in [-0.25, -0.2) is 4.79 Å². The molecule has 0 saturated carbocycles. The number of para-hydroxylation sites is 1. The first kappa shape index (κ1) is 28.0. The molecule has 0 spiro atoms. The number of ether oxygens (including phenoxy) is 4. The maximum absolute atomic E-state index is 13.0. The van der Waals surface area contributed by atoms with Crippen LogP contribution in [0.25, 0.3) is 21.8 Å². The van der Waals surface area contributed by atoms with E-state index in [-0.39, 0.29) is 17.6 Å². The van der Waals surface area contributed by atoms with E-state index in [1.807, 2.05) is 24.3 Å². The molecule has 1 fully saturated rings. The number of aromatic amines is 1. The molecule has 5 rings (SSSR count). The summed E-state index contributed by atoms with van der Waals surface area (Å²) in [5.74, 6) is -2.02. The third-order valence-corrected chi connectivity index (χ3v) is 7.77. The van der Waals surface area contributed by atoms with E-state index in [1.54, 1.807) is 13.1 Å². The molecule has 1 aromatic carbocycles. The van der Waals surface area contributed by atoms with Gasteiger partial charge in [-0.3, -0.25) is 4.79 Å². The van der Waals surface area contributed by atoms with Crippen LogP contribution in [-0.4, -0.2) is 86.7 Å². The van der Waals surface area contributed by atoms with Crippen LogP contribution in [0.15, 0.2) is 59.6 Å². The molecule has 3 aromatic rings. The molecule has 8 atom stereocenters. The Morgan fingerprint density at radius 1 is 1.15 bits per heavy atom. The average molecular weight is 557 g/mol. The number of fused-ring (bicyclic) bond motifs is 3. The van der Waals surface area contributed by atoms with Crippen molar-refractivity contribution in [2.45, 2.75) is 43.4 Å². The van der Waals surface area contributed by atoms with Crippen LogP contribution in [0.4, 0.5) is 0 Å². The predicted octanol–water partition coefficient (Wildman–Crippen LogP) is 0.210. The molecular weight excluding hydrogens is 524 g/mol. The molecule has 0 aliphatic carbocycles. The summed E-state index contributed by atoms with van der Waals surface area (Å²) in [6.07, 6.45) is -5.77. The number of rotatable bonds is 7. The van der Waals surface area contributed by atoms with E-state index in [0.717, 1.165) is 21.8 Å². The first-order valence-corrected chi connectivity index (χ1v) is 12.8. The summed E-state index contributed by atoms with van der Waals surface area (Å²) < 4.78 is 23.6. The first-order valence-electron chi connectivity index (χ1n) is 12.8. The van der Waals surface area contributed by atoms with Gasteiger partial charge in [-0.1, -0.05) is 24.3 Å². The zero-order chi connectivity index (χ0) is 28.7. The Hall–Kier alpha value is -3.52. The Kier molecular flexibility index (Phi) is 7.82. The fourth-order valence-corrected chi connectivity index (χ4v) is 5.50. The fourth-order valence-electron chi connectivity index (χ4n) is 5.50. The number of methoxy groups -OCH3 is 1. The molecule has 0 amide bonds. The zero-order valence-corrected chi connectivity index (χ0v) is 22.0. The van der Waals surface area contributed by atoms with Gasteiger partial charge in [-0.15, -0.1) is 6.58 Å². The van der Waals surface area contributed by atoms with E-state index < -0.39 is 61.4 Å². The summed E-state index contributed by atoms with van der Waals surface area (Å²) in [7, 11) is 2.89. The van der Waals surface area contributed by atoms with Crippen molar-refractivity contribution in [3.63, 3.8) is 0 Å². The lowest BCUT2D eigenvalue weighted by Gasteiger charge is -2.43. The van der Waals surface area contributed by atoms with Gasteiger partial charge in [-0.05, 0) is 12.5 Å². The van der Waals surface area contributed by atoms with Crippen molar-refractivity contribution in [3.8, 4) is 0 Å². The molecule has 4 heterocycles. The molecule has 12 nitrogen and oxygen atoms in total. The molecule has 40 heavy (non-hydrogen) atoms. The summed E-state index contributed by atoms with van der Waals surface area (Å²) in [4.78, 5) is 29.2. The molecule has 214 valence electrons. The second-order valence-corrected chi connectivity index (χ2v) is 9.97. The number of nitrogens with zero attached hydrogens (tertiary/aromatic N) is 1. The molecule has 0 bridgehead atoms. The number of aromatic nitrogens is 2. The number of pyridine rings is 1. The Morgan fingerprint density at radius 2 is 1.90 bits per heavy atom. The number of hydrogen-bond acceptors (Lipinski definition) is 10. The normalized spacial score (nSPS) is 30.6. The van der Waals surface area contributed by atoms with E-state index in [1.165, 1.54) is 24.0 Å². The van der Waals surface area contributed by atoms with E-state index in [0.29, 0.717) is 5.69 Å². The summed E-state index contributed by atoms with van der Waals surface area (Å²) in [5.41, 5.74) is 2.16. The molecule has 0 unspecified atom stereocenters. The average Bonchev–Trinajstić information content (AvgIpc) is 3.33. The van der Waals surface area contributed by atoms with Crippen molar-refractivity contribution >= 4 is 27.8 Å². The van der Waals surface area contributed by atoms with E-state index in [4.69, 9.17) is 18.9 Å². The fraction of sp³-hybridized carbons (Fsp3) is 0.429. The number of carbonyl (C=O) groups is 1. The third kappa shape index (κ3) is 4.72. The van der Waals surface area contributed by atoms with Gasteiger partial charge in [-0.2, -0.15) is 0 Å². The standard InChI is InChI=1S/C28H32N2O10/c1-4-13-15(9-19-22-16(10-21(32)30(19)2)14-7-5-6-8-18(14)29-22)17(26(36)37-3)12-38-27(13)40-28-25(35)24(34)23(33)20(11-31)39-28/h4-8,10,12-13,15,20,23-25,27-29,31,33-35H,1,9,11H2,2-3H3/t13-,15+,20-,23-,24+,25-,27+,28+/m1/s1. The van der Waals surface area contributed by atoms with Crippen LogP contribution in [0.3, 0.4) is 0 Å². The smallest absolute Gasteiger partial charge is 0.337 e. The van der Waals surface area contributed by atoms with Gasteiger partial charge >= 0.3 is 5.97 Å². The molecule has 0 radical (unpaired) electrons. The van der Waals surface area contributed by atoms with Crippen molar-refractivity contribution < 1.29 is 44.2 Å². The summed E-state index contributed by atoms with van der Waals surface area (Å²) >= 11 is 0. The highest BCUT2D eigenvalue weighted by atomic mass is 16.8. The van der Waals surface area contributed by atoms with Crippen molar-refractivity contribution in [2.24, 2.45) is 18.9 Å².